The second kappa shape index (κ2) is 10.1. The van der Waals surface area contributed by atoms with Crippen molar-refractivity contribution in [1.29, 1.82) is 0 Å². The summed E-state index contributed by atoms with van der Waals surface area (Å²) in [6, 6.07) is 7.76. The van der Waals surface area contributed by atoms with Crippen LogP contribution in [-0.2, 0) is 4.74 Å². The monoisotopic (exact) mass is 363 g/mol. The van der Waals surface area contributed by atoms with Gasteiger partial charge in [-0.05, 0) is 38.1 Å². The summed E-state index contributed by atoms with van der Waals surface area (Å²) in [7, 11) is 1.66. The highest BCUT2D eigenvalue weighted by Crippen LogP contribution is 2.29. The molecule has 136 valence electrons. The minimum absolute atomic E-state index is 0.0827. The van der Waals surface area contributed by atoms with E-state index in [1.165, 1.54) is 11.3 Å². The molecule has 0 aliphatic carbocycles. The Hall–Kier alpha value is -1.96. The fourth-order valence-corrected chi connectivity index (χ4v) is 3.22. The fourth-order valence-electron chi connectivity index (χ4n) is 2.23. The summed E-state index contributed by atoms with van der Waals surface area (Å²) in [6.45, 7) is 7.16. The van der Waals surface area contributed by atoms with Gasteiger partial charge in [-0.15, -0.1) is 11.3 Å². The number of methoxy groups -OCH3 is 1. The average molecular weight is 363 g/mol. The zero-order valence-electron chi connectivity index (χ0n) is 14.9. The van der Waals surface area contributed by atoms with Crippen molar-refractivity contribution in [2.24, 2.45) is 0 Å². The van der Waals surface area contributed by atoms with Crippen LogP contribution in [0.5, 0.6) is 5.75 Å². The first kappa shape index (κ1) is 19.4. The van der Waals surface area contributed by atoms with Gasteiger partial charge in [-0.1, -0.05) is 0 Å². The van der Waals surface area contributed by atoms with Gasteiger partial charge in [-0.3, -0.25) is 4.79 Å². The van der Waals surface area contributed by atoms with E-state index in [1.54, 1.807) is 7.11 Å². The minimum Gasteiger partial charge on any atom is -0.494 e. The number of nitrogens with zero attached hydrogens (tertiary/aromatic N) is 1. The number of aryl methyl sites for hydroxylation is 1. The molecule has 0 fully saturated rings. The first-order chi connectivity index (χ1) is 12.2. The molecule has 2 N–H and O–H groups in total. The van der Waals surface area contributed by atoms with Gasteiger partial charge in [0.2, 0.25) is 0 Å². The van der Waals surface area contributed by atoms with E-state index in [9.17, 15) is 4.79 Å². The van der Waals surface area contributed by atoms with Gasteiger partial charge in [0, 0.05) is 32.3 Å². The highest BCUT2D eigenvalue weighted by atomic mass is 32.1. The summed E-state index contributed by atoms with van der Waals surface area (Å²) in [5.41, 5.74) is 1.73. The SMILES string of the molecule is CCOc1ccc(-c2nc(C)c(C(=O)NCCNCCOC)s2)cc1. The van der Waals surface area contributed by atoms with Gasteiger partial charge in [0.25, 0.3) is 5.91 Å². The molecule has 0 atom stereocenters. The van der Waals surface area contributed by atoms with Crippen LogP contribution in [0, 0.1) is 6.92 Å². The predicted octanol–water partition coefficient (Wildman–Crippen LogP) is 2.48. The summed E-state index contributed by atoms with van der Waals surface area (Å²) in [5.74, 6) is 0.749. The molecule has 0 aliphatic heterocycles. The van der Waals surface area contributed by atoms with Crippen molar-refractivity contribution >= 4 is 17.2 Å². The molecular weight excluding hydrogens is 338 g/mol. The summed E-state index contributed by atoms with van der Waals surface area (Å²) in [6.07, 6.45) is 0. The average Bonchev–Trinajstić information content (AvgIpc) is 3.00. The van der Waals surface area contributed by atoms with Crippen molar-refractivity contribution in [3.05, 3.63) is 34.8 Å². The first-order valence-electron chi connectivity index (χ1n) is 8.34. The second-order valence-electron chi connectivity index (χ2n) is 5.39. The minimum atomic E-state index is -0.0827. The predicted molar refractivity (Wildman–Crippen MR) is 101 cm³/mol. The molecule has 0 unspecified atom stereocenters. The number of hydrogen-bond acceptors (Lipinski definition) is 6. The van der Waals surface area contributed by atoms with Gasteiger partial charge in [0.15, 0.2) is 0 Å². The van der Waals surface area contributed by atoms with Crippen LogP contribution < -0.4 is 15.4 Å². The van der Waals surface area contributed by atoms with Gasteiger partial charge >= 0.3 is 0 Å². The standard InChI is InChI=1S/C18H25N3O3S/c1-4-24-15-7-5-14(6-8-15)18-21-13(2)16(25-18)17(22)20-10-9-19-11-12-23-3/h5-8,19H,4,9-12H2,1-3H3,(H,20,22). The number of benzene rings is 1. The largest absolute Gasteiger partial charge is 0.494 e. The molecule has 2 rings (SSSR count). The van der Waals surface area contributed by atoms with Crippen LogP contribution in [0.15, 0.2) is 24.3 Å². The lowest BCUT2D eigenvalue weighted by molar-refractivity contribution is 0.0957. The van der Waals surface area contributed by atoms with Crippen molar-refractivity contribution in [3.63, 3.8) is 0 Å². The lowest BCUT2D eigenvalue weighted by atomic mass is 10.2. The number of rotatable bonds is 10. The molecule has 25 heavy (non-hydrogen) atoms. The van der Waals surface area contributed by atoms with Gasteiger partial charge in [0.1, 0.15) is 15.6 Å². The Balaban J connectivity index is 1.93. The Kier molecular flexibility index (Phi) is 7.84. The number of nitrogens with one attached hydrogen (secondary N) is 2. The van der Waals surface area contributed by atoms with E-state index < -0.39 is 0 Å². The molecule has 0 saturated carbocycles. The Morgan fingerprint density at radius 1 is 1.20 bits per heavy atom. The number of thiazole rings is 1. The third kappa shape index (κ3) is 5.81. The molecule has 0 aliphatic rings. The van der Waals surface area contributed by atoms with Crippen LogP contribution in [0.2, 0.25) is 0 Å². The van der Waals surface area contributed by atoms with Gasteiger partial charge in [-0.2, -0.15) is 0 Å². The summed E-state index contributed by atoms with van der Waals surface area (Å²) in [4.78, 5) is 17.5. The van der Waals surface area contributed by atoms with E-state index in [2.05, 4.69) is 15.6 Å². The van der Waals surface area contributed by atoms with E-state index in [-0.39, 0.29) is 5.91 Å². The van der Waals surface area contributed by atoms with Gasteiger partial charge in [0.05, 0.1) is 18.9 Å². The van der Waals surface area contributed by atoms with E-state index >= 15 is 0 Å². The van der Waals surface area contributed by atoms with E-state index in [4.69, 9.17) is 9.47 Å². The Morgan fingerprint density at radius 2 is 1.96 bits per heavy atom. The van der Waals surface area contributed by atoms with Crippen molar-refractivity contribution < 1.29 is 14.3 Å². The molecule has 0 bridgehead atoms. The van der Waals surface area contributed by atoms with Crippen molar-refractivity contribution in [2.45, 2.75) is 13.8 Å². The molecule has 0 saturated heterocycles. The quantitative estimate of drug-likeness (QED) is 0.635. The summed E-state index contributed by atoms with van der Waals surface area (Å²) < 4.78 is 10.4. The zero-order chi connectivity index (χ0) is 18.1. The normalized spacial score (nSPS) is 10.7. The van der Waals surface area contributed by atoms with E-state index in [1.807, 2.05) is 38.1 Å². The molecule has 2 aromatic rings. The zero-order valence-corrected chi connectivity index (χ0v) is 15.7. The van der Waals surface area contributed by atoms with Crippen molar-refractivity contribution in [2.75, 3.05) is 40.0 Å². The van der Waals surface area contributed by atoms with Crippen molar-refractivity contribution in [1.82, 2.24) is 15.6 Å². The third-order valence-corrected chi connectivity index (χ3v) is 4.69. The maximum atomic E-state index is 12.3. The van der Waals surface area contributed by atoms with Crippen LogP contribution in [0.4, 0.5) is 0 Å². The van der Waals surface area contributed by atoms with Crippen LogP contribution in [0.25, 0.3) is 10.6 Å². The van der Waals surface area contributed by atoms with Crippen LogP contribution in [0.1, 0.15) is 22.3 Å². The number of amides is 1. The number of aromatic nitrogens is 1. The van der Waals surface area contributed by atoms with Crippen molar-refractivity contribution in [3.8, 4) is 16.3 Å². The lowest BCUT2D eigenvalue weighted by Gasteiger charge is -2.05. The number of hydrogen-bond donors (Lipinski definition) is 2. The second-order valence-corrected chi connectivity index (χ2v) is 6.39. The summed E-state index contributed by atoms with van der Waals surface area (Å²) in [5, 5.41) is 6.94. The van der Waals surface area contributed by atoms with Gasteiger partial charge < -0.3 is 20.1 Å². The Bertz CT molecular complexity index is 671. The fraction of sp³-hybridized carbons (Fsp3) is 0.444. The highest BCUT2D eigenvalue weighted by molar-refractivity contribution is 7.17. The Morgan fingerprint density at radius 3 is 2.64 bits per heavy atom. The van der Waals surface area contributed by atoms with Crippen LogP contribution in [0.3, 0.4) is 0 Å². The molecule has 0 spiro atoms. The molecular formula is C18H25N3O3S. The molecule has 1 aromatic heterocycles. The molecule has 0 radical (unpaired) electrons. The summed E-state index contributed by atoms with van der Waals surface area (Å²) >= 11 is 1.41. The number of carbonyl (C=O) groups is 1. The topological polar surface area (TPSA) is 72.5 Å². The van der Waals surface area contributed by atoms with Crippen LogP contribution >= 0.6 is 11.3 Å². The first-order valence-corrected chi connectivity index (χ1v) is 9.15. The number of ether oxygens (including phenoxy) is 2. The maximum absolute atomic E-state index is 12.3. The molecule has 6 nitrogen and oxygen atoms in total. The van der Waals surface area contributed by atoms with Crippen LogP contribution in [-0.4, -0.2) is 50.8 Å². The lowest BCUT2D eigenvalue weighted by Crippen LogP contribution is -2.33. The Labute approximate surface area is 152 Å². The van der Waals surface area contributed by atoms with E-state index in [0.29, 0.717) is 31.2 Å². The van der Waals surface area contributed by atoms with Gasteiger partial charge in [-0.25, -0.2) is 4.98 Å². The highest BCUT2D eigenvalue weighted by Gasteiger charge is 2.15. The maximum Gasteiger partial charge on any atom is 0.263 e. The molecule has 7 heteroatoms. The number of carbonyl (C=O) groups excluding carboxylic acids is 1. The molecule has 1 heterocycles. The van der Waals surface area contributed by atoms with E-state index in [0.717, 1.165) is 28.6 Å². The molecule has 1 aromatic carbocycles. The smallest absolute Gasteiger partial charge is 0.263 e. The molecule has 1 amide bonds. The third-order valence-electron chi connectivity index (χ3n) is 3.49.